The molecule has 4 aromatic rings. The highest BCUT2D eigenvalue weighted by molar-refractivity contribution is 6.07. The Morgan fingerprint density at radius 3 is 2.58 bits per heavy atom. The second-order valence-electron chi connectivity index (χ2n) is 6.58. The highest BCUT2D eigenvalue weighted by Gasteiger charge is 2.34. The van der Waals surface area contributed by atoms with Crippen molar-refractivity contribution >= 4 is 21.8 Å². The van der Waals surface area contributed by atoms with Gasteiger partial charge in [0, 0.05) is 10.8 Å². The molecule has 1 aromatic carbocycles. The van der Waals surface area contributed by atoms with E-state index in [2.05, 4.69) is 20.4 Å². The Bertz CT molecular complexity index is 1140. The summed E-state index contributed by atoms with van der Waals surface area (Å²) in [7, 11) is 0. The number of halogens is 3. The monoisotopic (exact) mass is 357 g/mol. The second kappa shape index (κ2) is 5.30. The Morgan fingerprint density at radius 1 is 1.00 bits per heavy atom. The van der Waals surface area contributed by atoms with Gasteiger partial charge in [-0.15, -0.1) is 0 Å². The van der Waals surface area contributed by atoms with E-state index in [-0.39, 0.29) is 5.69 Å². The van der Waals surface area contributed by atoms with E-state index in [9.17, 15) is 13.2 Å². The van der Waals surface area contributed by atoms with E-state index in [0.717, 1.165) is 64.7 Å². The van der Waals surface area contributed by atoms with Crippen molar-refractivity contribution in [2.24, 2.45) is 0 Å². The Labute approximate surface area is 145 Å². The molecular weight excluding hydrogens is 343 g/mol. The standard InChI is InChI=1S/C18H14F3N5/c19-18(20,21)15-7-14(25-26-15)17-10-4-2-1-3-9(10)16-11-8-22-24-12(11)5-6-13(16)23-17/h5-8H,1-4H2,(H,22,24)(H,25,26). The van der Waals surface area contributed by atoms with Crippen LogP contribution in [0.2, 0.25) is 0 Å². The summed E-state index contributed by atoms with van der Waals surface area (Å²) in [4.78, 5) is 4.69. The van der Waals surface area contributed by atoms with Crippen LogP contribution in [0.5, 0.6) is 0 Å². The fraction of sp³-hybridized carbons (Fsp3) is 0.278. The van der Waals surface area contributed by atoms with Crippen molar-refractivity contribution in [2.45, 2.75) is 31.9 Å². The summed E-state index contributed by atoms with van der Waals surface area (Å²) in [6.45, 7) is 0. The van der Waals surface area contributed by atoms with Crippen molar-refractivity contribution < 1.29 is 13.2 Å². The zero-order chi connectivity index (χ0) is 17.9. The summed E-state index contributed by atoms with van der Waals surface area (Å²) >= 11 is 0. The largest absolute Gasteiger partial charge is 0.432 e. The zero-order valence-corrected chi connectivity index (χ0v) is 13.6. The van der Waals surface area contributed by atoms with Crippen molar-refractivity contribution in [1.29, 1.82) is 0 Å². The lowest BCUT2D eigenvalue weighted by atomic mass is 9.86. The molecule has 0 spiro atoms. The molecule has 2 N–H and O–H groups in total. The van der Waals surface area contributed by atoms with Crippen molar-refractivity contribution in [1.82, 2.24) is 25.4 Å². The van der Waals surface area contributed by atoms with Crippen LogP contribution in [0.3, 0.4) is 0 Å². The molecule has 0 fully saturated rings. The molecule has 132 valence electrons. The molecule has 0 saturated heterocycles. The quantitative estimate of drug-likeness (QED) is 0.530. The van der Waals surface area contributed by atoms with E-state index in [0.29, 0.717) is 5.69 Å². The third kappa shape index (κ3) is 2.21. The van der Waals surface area contributed by atoms with Gasteiger partial charge >= 0.3 is 6.18 Å². The van der Waals surface area contributed by atoms with E-state index in [4.69, 9.17) is 4.98 Å². The Hall–Kier alpha value is -2.90. The molecule has 0 radical (unpaired) electrons. The van der Waals surface area contributed by atoms with Gasteiger partial charge in [0.15, 0.2) is 0 Å². The molecule has 0 unspecified atom stereocenters. The number of benzene rings is 1. The number of pyridine rings is 1. The van der Waals surface area contributed by atoms with Gasteiger partial charge in [-0.1, -0.05) is 0 Å². The molecule has 3 aromatic heterocycles. The lowest BCUT2D eigenvalue weighted by molar-refractivity contribution is -0.141. The van der Waals surface area contributed by atoms with E-state index in [1.807, 2.05) is 12.1 Å². The van der Waals surface area contributed by atoms with Crippen molar-refractivity contribution in [3.8, 4) is 11.4 Å². The number of aromatic amines is 2. The molecule has 26 heavy (non-hydrogen) atoms. The van der Waals surface area contributed by atoms with E-state index >= 15 is 0 Å². The fourth-order valence-corrected chi connectivity index (χ4v) is 3.85. The van der Waals surface area contributed by atoms with E-state index < -0.39 is 11.9 Å². The number of rotatable bonds is 1. The first-order valence-corrected chi connectivity index (χ1v) is 8.43. The highest BCUT2D eigenvalue weighted by Crippen LogP contribution is 2.38. The second-order valence-corrected chi connectivity index (χ2v) is 6.58. The molecule has 0 atom stereocenters. The number of fused-ring (bicyclic) bond motifs is 5. The third-order valence-electron chi connectivity index (χ3n) is 5.02. The van der Waals surface area contributed by atoms with Crippen LogP contribution in [0, 0.1) is 0 Å². The zero-order valence-electron chi connectivity index (χ0n) is 13.6. The minimum atomic E-state index is -4.45. The van der Waals surface area contributed by atoms with E-state index in [1.54, 1.807) is 6.20 Å². The van der Waals surface area contributed by atoms with Gasteiger partial charge in [0.1, 0.15) is 11.4 Å². The molecule has 0 aliphatic heterocycles. The predicted molar refractivity (Wildman–Crippen MR) is 90.6 cm³/mol. The fourth-order valence-electron chi connectivity index (χ4n) is 3.85. The SMILES string of the molecule is FC(F)(F)c1cc(-c2nc3ccc4[nH]ncc4c3c3c2CCCC3)n[nH]1. The number of aryl methyl sites for hydroxylation is 1. The number of aromatic nitrogens is 5. The van der Waals surface area contributed by atoms with Crippen LogP contribution < -0.4 is 0 Å². The molecule has 1 aliphatic carbocycles. The normalized spacial score (nSPS) is 14.9. The van der Waals surface area contributed by atoms with Crippen LogP contribution in [0.15, 0.2) is 24.4 Å². The van der Waals surface area contributed by atoms with Crippen molar-refractivity contribution in [3.05, 3.63) is 41.2 Å². The molecule has 5 nitrogen and oxygen atoms in total. The number of hydrogen-bond donors (Lipinski definition) is 2. The van der Waals surface area contributed by atoms with Crippen LogP contribution >= 0.6 is 0 Å². The van der Waals surface area contributed by atoms with Crippen LogP contribution in [0.25, 0.3) is 33.2 Å². The summed E-state index contributed by atoms with van der Waals surface area (Å²) in [5.41, 5.74) is 3.76. The first-order chi connectivity index (χ1) is 12.5. The molecule has 0 saturated carbocycles. The minimum Gasteiger partial charge on any atom is -0.278 e. The maximum Gasteiger partial charge on any atom is 0.432 e. The average molecular weight is 357 g/mol. The summed E-state index contributed by atoms with van der Waals surface area (Å²) in [6.07, 6.45) is 1.03. The molecule has 8 heteroatoms. The first kappa shape index (κ1) is 15.4. The van der Waals surface area contributed by atoms with Gasteiger partial charge in [0.25, 0.3) is 0 Å². The van der Waals surface area contributed by atoms with Gasteiger partial charge in [-0.2, -0.15) is 23.4 Å². The number of H-pyrrole nitrogens is 2. The maximum absolute atomic E-state index is 12.9. The lowest BCUT2D eigenvalue weighted by Crippen LogP contribution is -2.08. The van der Waals surface area contributed by atoms with Crippen LogP contribution in [0.1, 0.15) is 29.7 Å². The first-order valence-electron chi connectivity index (χ1n) is 8.43. The van der Waals surface area contributed by atoms with Gasteiger partial charge < -0.3 is 0 Å². The van der Waals surface area contributed by atoms with Gasteiger partial charge in [-0.05, 0) is 55.0 Å². The molecule has 5 rings (SSSR count). The lowest BCUT2D eigenvalue weighted by Gasteiger charge is -2.20. The molecule has 0 bridgehead atoms. The van der Waals surface area contributed by atoms with Gasteiger partial charge in [-0.3, -0.25) is 10.2 Å². The minimum absolute atomic E-state index is 0.240. The van der Waals surface area contributed by atoms with Crippen LogP contribution in [-0.4, -0.2) is 25.4 Å². The number of nitrogens with zero attached hydrogens (tertiary/aromatic N) is 3. The number of hydrogen-bond acceptors (Lipinski definition) is 3. The molecule has 1 aliphatic rings. The van der Waals surface area contributed by atoms with Gasteiger partial charge in [0.05, 0.1) is 22.9 Å². The maximum atomic E-state index is 12.9. The highest BCUT2D eigenvalue weighted by atomic mass is 19.4. The number of alkyl halides is 3. The summed E-state index contributed by atoms with van der Waals surface area (Å²) in [6, 6.07) is 4.81. The van der Waals surface area contributed by atoms with E-state index in [1.165, 1.54) is 0 Å². The Kier molecular flexibility index (Phi) is 3.13. The predicted octanol–water partition coefficient (Wildman–Crippen LogP) is 4.40. The smallest absolute Gasteiger partial charge is 0.278 e. The summed E-state index contributed by atoms with van der Waals surface area (Å²) < 4.78 is 38.8. The van der Waals surface area contributed by atoms with Crippen molar-refractivity contribution in [2.75, 3.05) is 0 Å². The summed E-state index contributed by atoms with van der Waals surface area (Å²) in [5, 5.41) is 15.1. The Balaban J connectivity index is 1.81. The topological polar surface area (TPSA) is 70.2 Å². The van der Waals surface area contributed by atoms with Gasteiger partial charge in [-0.25, -0.2) is 4.98 Å². The van der Waals surface area contributed by atoms with Crippen molar-refractivity contribution in [3.63, 3.8) is 0 Å². The van der Waals surface area contributed by atoms with Crippen LogP contribution in [-0.2, 0) is 19.0 Å². The van der Waals surface area contributed by atoms with Gasteiger partial charge in [0.2, 0.25) is 0 Å². The Morgan fingerprint density at radius 2 is 1.81 bits per heavy atom. The van der Waals surface area contributed by atoms with Crippen LogP contribution in [0.4, 0.5) is 13.2 Å². The molecule has 0 amide bonds. The molecular formula is C18H14F3N5. The average Bonchev–Trinajstić information content (AvgIpc) is 3.29. The third-order valence-corrected chi connectivity index (χ3v) is 5.02. The number of nitrogens with one attached hydrogen (secondary N) is 2. The summed E-state index contributed by atoms with van der Waals surface area (Å²) in [5.74, 6) is 0. The molecule has 3 heterocycles.